The standard InChI is InChI=1S/C21H25N3O/c1-6-17-19(24-13-14(2)7-12-18(24)23-17)20(25)22-16-10-8-15(9-11-16)21(3,4)5/h7-13H,6H2,1-5H3,(H,22,25). The van der Waals surface area contributed by atoms with Crippen LogP contribution in [0.1, 0.15) is 55.0 Å². The van der Waals surface area contributed by atoms with Gasteiger partial charge in [0.1, 0.15) is 11.3 Å². The lowest BCUT2D eigenvalue weighted by molar-refractivity contribution is 0.102. The first kappa shape index (κ1) is 17.2. The number of rotatable bonds is 3. The zero-order chi connectivity index (χ0) is 18.2. The lowest BCUT2D eigenvalue weighted by Gasteiger charge is -2.19. The van der Waals surface area contributed by atoms with Gasteiger partial charge in [-0.3, -0.25) is 9.20 Å². The van der Waals surface area contributed by atoms with Gasteiger partial charge in [-0.15, -0.1) is 0 Å². The number of carbonyl (C=O) groups excluding carboxylic acids is 1. The maximum Gasteiger partial charge on any atom is 0.274 e. The molecule has 0 aliphatic heterocycles. The highest BCUT2D eigenvalue weighted by atomic mass is 16.2. The first-order valence-electron chi connectivity index (χ1n) is 8.69. The molecule has 0 saturated heterocycles. The van der Waals surface area contributed by atoms with Crippen molar-refractivity contribution in [3.63, 3.8) is 0 Å². The molecule has 1 N–H and O–H groups in total. The number of amides is 1. The number of benzene rings is 1. The summed E-state index contributed by atoms with van der Waals surface area (Å²) in [7, 11) is 0. The predicted molar refractivity (Wildman–Crippen MR) is 102 cm³/mol. The third kappa shape index (κ3) is 3.43. The number of pyridine rings is 1. The van der Waals surface area contributed by atoms with Gasteiger partial charge in [0.2, 0.25) is 0 Å². The van der Waals surface area contributed by atoms with Crippen LogP contribution in [0.15, 0.2) is 42.6 Å². The number of aryl methyl sites for hydroxylation is 2. The molecule has 4 heteroatoms. The Bertz CT molecular complexity index is 915. The molecular formula is C21H25N3O. The predicted octanol–water partition coefficient (Wildman–Crippen LogP) is 4.75. The molecule has 130 valence electrons. The summed E-state index contributed by atoms with van der Waals surface area (Å²) in [6.45, 7) is 10.6. The molecule has 0 bridgehead atoms. The van der Waals surface area contributed by atoms with Gasteiger partial charge in [0.05, 0.1) is 5.69 Å². The van der Waals surface area contributed by atoms with Gasteiger partial charge >= 0.3 is 0 Å². The summed E-state index contributed by atoms with van der Waals surface area (Å²) < 4.78 is 1.88. The molecule has 1 aromatic carbocycles. The van der Waals surface area contributed by atoms with E-state index in [1.54, 1.807) is 0 Å². The van der Waals surface area contributed by atoms with Crippen LogP contribution in [0.5, 0.6) is 0 Å². The Morgan fingerprint density at radius 1 is 1.12 bits per heavy atom. The average Bonchev–Trinajstić information content (AvgIpc) is 2.92. The molecule has 0 saturated carbocycles. The molecule has 0 aliphatic carbocycles. The number of carbonyl (C=O) groups is 1. The van der Waals surface area contributed by atoms with Crippen LogP contribution in [-0.2, 0) is 11.8 Å². The Kier molecular flexibility index (Phi) is 4.38. The van der Waals surface area contributed by atoms with Gasteiger partial charge < -0.3 is 5.32 Å². The zero-order valence-corrected chi connectivity index (χ0v) is 15.6. The smallest absolute Gasteiger partial charge is 0.274 e. The van der Waals surface area contributed by atoms with Gasteiger partial charge in [-0.2, -0.15) is 0 Å². The van der Waals surface area contributed by atoms with Crippen molar-refractivity contribution in [3.8, 4) is 0 Å². The second-order valence-corrected chi connectivity index (χ2v) is 7.48. The molecular weight excluding hydrogens is 310 g/mol. The van der Waals surface area contributed by atoms with Crippen LogP contribution in [0.2, 0.25) is 0 Å². The Morgan fingerprint density at radius 3 is 2.40 bits per heavy atom. The molecule has 2 heterocycles. The van der Waals surface area contributed by atoms with E-state index in [4.69, 9.17) is 0 Å². The van der Waals surface area contributed by atoms with Crippen molar-refractivity contribution in [2.45, 2.75) is 46.5 Å². The lowest BCUT2D eigenvalue weighted by Crippen LogP contribution is -2.17. The highest BCUT2D eigenvalue weighted by Gasteiger charge is 2.19. The van der Waals surface area contributed by atoms with Gasteiger partial charge in [0.15, 0.2) is 0 Å². The van der Waals surface area contributed by atoms with E-state index in [1.165, 1.54) is 5.56 Å². The quantitative estimate of drug-likeness (QED) is 0.750. The summed E-state index contributed by atoms with van der Waals surface area (Å²) in [5.74, 6) is -0.126. The highest BCUT2D eigenvalue weighted by Crippen LogP contribution is 2.24. The maximum atomic E-state index is 12.9. The summed E-state index contributed by atoms with van der Waals surface area (Å²) in [5, 5.41) is 3.01. The minimum atomic E-state index is -0.126. The fourth-order valence-corrected chi connectivity index (χ4v) is 2.93. The summed E-state index contributed by atoms with van der Waals surface area (Å²) in [6.07, 6.45) is 2.67. The summed E-state index contributed by atoms with van der Waals surface area (Å²) in [4.78, 5) is 17.5. The minimum Gasteiger partial charge on any atom is -0.321 e. The van der Waals surface area contributed by atoms with E-state index < -0.39 is 0 Å². The number of nitrogens with zero attached hydrogens (tertiary/aromatic N) is 2. The molecule has 3 aromatic rings. The second-order valence-electron chi connectivity index (χ2n) is 7.48. The van der Waals surface area contributed by atoms with Crippen LogP contribution in [0.3, 0.4) is 0 Å². The van der Waals surface area contributed by atoms with Crippen LogP contribution in [0, 0.1) is 6.92 Å². The van der Waals surface area contributed by atoms with Crippen molar-refractivity contribution in [1.82, 2.24) is 9.38 Å². The van der Waals surface area contributed by atoms with E-state index in [0.717, 1.165) is 22.6 Å². The van der Waals surface area contributed by atoms with E-state index in [9.17, 15) is 4.79 Å². The van der Waals surface area contributed by atoms with E-state index in [1.807, 2.05) is 48.7 Å². The van der Waals surface area contributed by atoms with Crippen molar-refractivity contribution in [1.29, 1.82) is 0 Å². The first-order chi connectivity index (χ1) is 11.8. The van der Waals surface area contributed by atoms with Crippen LogP contribution < -0.4 is 5.32 Å². The first-order valence-corrected chi connectivity index (χ1v) is 8.69. The molecule has 0 atom stereocenters. The molecule has 2 aromatic heterocycles. The number of aromatic nitrogens is 2. The maximum absolute atomic E-state index is 12.9. The normalized spacial score (nSPS) is 11.7. The van der Waals surface area contributed by atoms with Crippen molar-refractivity contribution in [3.05, 3.63) is 65.1 Å². The lowest BCUT2D eigenvalue weighted by atomic mass is 9.87. The molecule has 0 spiro atoms. The molecule has 3 rings (SSSR count). The zero-order valence-electron chi connectivity index (χ0n) is 15.6. The van der Waals surface area contributed by atoms with Crippen LogP contribution in [-0.4, -0.2) is 15.3 Å². The molecule has 25 heavy (non-hydrogen) atoms. The SMILES string of the molecule is CCc1nc2ccc(C)cn2c1C(=O)Nc1ccc(C(C)(C)C)cc1. The topological polar surface area (TPSA) is 46.4 Å². The van der Waals surface area contributed by atoms with Crippen molar-refractivity contribution in [2.75, 3.05) is 5.32 Å². The molecule has 0 fully saturated rings. The highest BCUT2D eigenvalue weighted by molar-refractivity contribution is 6.04. The third-order valence-electron chi connectivity index (χ3n) is 4.40. The average molecular weight is 335 g/mol. The number of fused-ring (bicyclic) bond motifs is 1. The van der Waals surface area contributed by atoms with Crippen molar-refractivity contribution < 1.29 is 4.79 Å². The third-order valence-corrected chi connectivity index (χ3v) is 4.40. The van der Waals surface area contributed by atoms with E-state index in [2.05, 4.69) is 43.2 Å². The summed E-state index contributed by atoms with van der Waals surface area (Å²) in [5.41, 5.74) is 5.45. The van der Waals surface area contributed by atoms with Crippen LogP contribution >= 0.6 is 0 Å². The van der Waals surface area contributed by atoms with E-state index in [0.29, 0.717) is 12.1 Å². The largest absolute Gasteiger partial charge is 0.321 e. The Hall–Kier alpha value is -2.62. The van der Waals surface area contributed by atoms with Crippen molar-refractivity contribution in [2.24, 2.45) is 0 Å². The van der Waals surface area contributed by atoms with Gasteiger partial charge in [0, 0.05) is 11.9 Å². The van der Waals surface area contributed by atoms with Gasteiger partial charge in [-0.05, 0) is 48.1 Å². The summed E-state index contributed by atoms with van der Waals surface area (Å²) in [6, 6.07) is 12.0. The van der Waals surface area contributed by atoms with Crippen molar-refractivity contribution >= 4 is 17.2 Å². The number of imidazole rings is 1. The minimum absolute atomic E-state index is 0.0943. The van der Waals surface area contributed by atoms with E-state index in [-0.39, 0.29) is 11.3 Å². The monoisotopic (exact) mass is 335 g/mol. The molecule has 1 amide bonds. The Balaban J connectivity index is 1.93. The second kappa shape index (κ2) is 6.36. The molecule has 4 nitrogen and oxygen atoms in total. The van der Waals surface area contributed by atoms with Gasteiger partial charge in [-0.25, -0.2) is 4.98 Å². The number of anilines is 1. The van der Waals surface area contributed by atoms with Crippen LogP contribution in [0.25, 0.3) is 5.65 Å². The fourth-order valence-electron chi connectivity index (χ4n) is 2.93. The van der Waals surface area contributed by atoms with Gasteiger partial charge in [-0.1, -0.05) is 45.9 Å². The number of nitrogens with one attached hydrogen (secondary N) is 1. The van der Waals surface area contributed by atoms with E-state index >= 15 is 0 Å². The van der Waals surface area contributed by atoms with Gasteiger partial charge in [0.25, 0.3) is 5.91 Å². The number of hydrogen-bond acceptors (Lipinski definition) is 2. The fraction of sp³-hybridized carbons (Fsp3) is 0.333. The molecule has 0 unspecified atom stereocenters. The Labute approximate surface area is 148 Å². The number of hydrogen-bond donors (Lipinski definition) is 1. The molecule has 0 radical (unpaired) electrons. The van der Waals surface area contributed by atoms with Crippen LogP contribution in [0.4, 0.5) is 5.69 Å². The Morgan fingerprint density at radius 2 is 1.80 bits per heavy atom. The summed E-state index contributed by atoms with van der Waals surface area (Å²) >= 11 is 0. The molecule has 0 aliphatic rings.